The molecule has 1 aliphatic rings. The third-order valence-corrected chi connectivity index (χ3v) is 4.90. The van der Waals surface area contributed by atoms with E-state index in [-0.39, 0.29) is 27.3 Å². The van der Waals surface area contributed by atoms with E-state index in [1.165, 1.54) is 17.0 Å². The number of hydrazone groups is 1. The number of rotatable bonds is 3. The fraction of sp³-hybridized carbons (Fsp3) is 0.0625. The molecule has 0 radical (unpaired) electrons. The van der Waals surface area contributed by atoms with Crippen LogP contribution in [0.4, 0.5) is 11.4 Å². The zero-order valence-corrected chi connectivity index (χ0v) is 15.3. The Morgan fingerprint density at radius 1 is 1.15 bits per heavy atom. The van der Waals surface area contributed by atoms with Gasteiger partial charge in [0, 0.05) is 12.6 Å². The zero-order valence-electron chi connectivity index (χ0n) is 13.6. The molecule has 0 bridgehead atoms. The number of nitrogens with two attached hydrogens (primary N) is 1. The summed E-state index contributed by atoms with van der Waals surface area (Å²) in [6.07, 6.45) is 0. The van der Waals surface area contributed by atoms with E-state index < -0.39 is 10.0 Å². The van der Waals surface area contributed by atoms with Gasteiger partial charge in [0.15, 0.2) is 10.8 Å². The number of carbonyl (C=O) groups is 1. The molecule has 0 unspecified atom stereocenters. The molecule has 8 nitrogen and oxygen atoms in total. The maximum atomic E-state index is 12.3. The van der Waals surface area contributed by atoms with Crippen LogP contribution in [0.1, 0.15) is 5.56 Å². The molecule has 0 atom stereocenters. The zero-order chi connectivity index (χ0) is 18.9. The Labute approximate surface area is 155 Å². The van der Waals surface area contributed by atoms with Crippen LogP contribution in [0.25, 0.3) is 0 Å². The van der Waals surface area contributed by atoms with Gasteiger partial charge in [-0.25, -0.2) is 13.6 Å². The van der Waals surface area contributed by atoms with Crippen molar-refractivity contribution in [2.45, 2.75) is 4.90 Å². The number of carbonyl (C=O) groups excluding carboxylic acids is 1. The molecule has 0 spiro atoms. The number of anilines is 2. The molecule has 3 rings (SSSR count). The molecule has 134 valence electrons. The van der Waals surface area contributed by atoms with Gasteiger partial charge in [0.1, 0.15) is 4.90 Å². The first-order chi connectivity index (χ1) is 12.3. The summed E-state index contributed by atoms with van der Waals surface area (Å²) in [5.74, 6) is -0.272. The van der Waals surface area contributed by atoms with E-state index in [0.717, 1.165) is 5.69 Å². The molecule has 26 heavy (non-hydrogen) atoms. The van der Waals surface area contributed by atoms with Crippen molar-refractivity contribution in [1.29, 1.82) is 0 Å². The van der Waals surface area contributed by atoms with Gasteiger partial charge in [-0.15, -0.1) is 0 Å². The van der Waals surface area contributed by atoms with Crippen LogP contribution in [0.2, 0.25) is 0 Å². The van der Waals surface area contributed by atoms with Crippen molar-refractivity contribution in [3.05, 3.63) is 54.1 Å². The van der Waals surface area contributed by atoms with Crippen molar-refractivity contribution in [1.82, 2.24) is 5.43 Å². The highest BCUT2D eigenvalue weighted by molar-refractivity contribution is 7.89. The standard InChI is InChI=1S/C16H15N5O3S2/c1-21-12-8-4-2-6-10(12)14(15(21)22)19-20-16(25)18-11-7-3-5-9-13(11)26(17,23)24/h2-9H,1H3,(H2,17,23,24)(H2,18,20,25). The highest BCUT2D eigenvalue weighted by Gasteiger charge is 2.31. The first kappa shape index (κ1) is 18.0. The smallest absolute Gasteiger partial charge is 0.279 e. The molecular formula is C16H15N5O3S2. The number of nitrogens with zero attached hydrogens (tertiary/aromatic N) is 2. The minimum Gasteiger partial charge on any atom is -0.330 e. The first-order valence-corrected chi connectivity index (χ1v) is 9.38. The average Bonchev–Trinajstić information content (AvgIpc) is 2.84. The fourth-order valence-corrected chi connectivity index (χ4v) is 3.38. The lowest BCUT2D eigenvalue weighted by Crippen LogP contribution is -2.30. The quantitative estimate of drug-likeness (QED) is 0.533. The van der Waals surface area contributed by atoms with Crippen molar-refractivity contribution >= 4 is 50.3 Å². The largest absolute Gasteiger partial charge is 0.330 e. The van der Waals surface area contributed by atoms with Crippen molar-refractivity contribution in [3.8, 4) is 0 Å². The topological polar surface area (TPSA) is 117 Å². The molecule has 1 amide bonds. The number of likely N-dealkylation sites (N-methyl/N-ethyl adjacent to an activating group) is 1. The molecule has 0 aromatic heterocycles. The molecule has 0 fully saturated rings. The Balaban J connectivity index is 1.81. The summed E-state index contributed by atoms with van der Waals surface area (Å²) in [5.41, 5.74) is 4.42. The van der Waals surface area contributed by atoms with E-state index in [9.17, 15) is 13.2 Å². The fourth-order valence-electron chi connectivity index (χ4n) is 2.53. The van der Waals surface area contributed by atoms with Crippen LogP contribution in [0, 0.1) is 0 Å². The number of fused-ring (bicyclic) bond motifs is 1. The maximum Gasteiger partial charge on any atom is 0.279 e. The number of amides is 1. The molecule has 0 saturated heterocycles. The second-order valence-electron chi connectivity index (χ2n) is 5.45. The van der Waals surface area contributed by atoms with Crippen LogP contribution in [0.5, 0.6) is 0 Å². The minimum absolute atomic E-state index is 0.0217. The molecule has 2 aromatic rings. The molecule has 2 aromatic carbocycles. The predicted molar refractivity (Wildman–Crippen MR) is 104 cm³/mol. The Morgan fingerprint density at radius 3 is 2.54 bits per heavy atom. The van der Waals surface area contributed by atoms with Gasteiger partial charge in [-0.2, -0.15) is 5.10 Å². The SMILES string of the molecule is CN1C(=O)C(=NNC(=S)Nc2ccccc2S(N)(=O)=O)c2ccccc21. The third kappa shape index (κ3) is 3.43. The van der Waals surface area contributed by atoms with Crippen molar-refractivity contribution in [2.75, 3.05) is 17.3 Å². The number of sulfonamides is 1. The van der Waals surface area contributed by atoms with Crippen molar-refractivity contribution in [3.63, 3.8) is 0 Å². The van der Waals surface area contributed by atoms with Crippen LogP contribution in [0.15, 0.2) is 58.5 Å². The van der Waals surface area contributed by atoms with Crippen LogP contribution >= 0.6 is 12.2 Å². The second-order valence-corrected chi connectivity index (χ2v) is 7.39. The number of primary sulfonamides is 1. The van der Waals surface area contributed by atoms with E-state index >= 15 is 0 Å². The van der Waals surface area contributed by atoms with E-state index in [1.54, 1.807) is 31.3 Å². The number of nitrogens with one attached hydrogen (secondary N) is 2. The Hall–Kier alpha value is -2.82. The van der Waals surface area contributed by atoms with Gasteiger partial charge in [0.25, 0.3) is 5.91 Å². The summed E-state index contributed by atoms with van der Waals surface area (Å²) in [5, 5.41) is 12.0. The summed E-state index contributed by atoms with van der Waals surface area (Å²) in [6.45, 7) is 0. The monoisotopic (exact) mass is 389 g/mol. The first-order valence-electron chi connectivity index (χ1n) is 7.43. The second kappa shape index (κ2) is 6.83. The number of thiocarbonyl (C=S) groups is 1. The number of hydrogen-bond acceptors (Lipinski definition) is 5. The molecule has 10 heteroatoms. The van der Waals surface area contributed by atoms with Crippen LogP contribution in [-0.4, -0.2) is 32.2 Å². The maximum absolute atomic E-state index is 12.3. The van der Waals surface area contributed by atoms with E-state index in [1.807, 2.05) is 12.1 Å². The van der Waals surface area contributed by atoms with Gasteiger partial charge in [-0.05, 0) is 30.4 Å². The summed E-state index contributed by atoms with van der Waals surface area (Å²) in [6, 6.07) is 13.3. The number of benzene rings is 2. The average molecular weight is 389 g/mol. The molecule has 4 N–H and O–H groups in total. The molecule has 1 heterocycles. The van der Waals surface area contributed by atoms with E-state index in [4.69, 9.17) is 17.4 Å². The van der Waals surface area contributed by atoms with Crippen LogP contribution in [0.3, 0.4) is 0 Å². The molecular weight excluding hydrogens is 374 g/mol. The Morgan fingerprint density at radius 2 is 1.81 bits per heavy atom. The lowest BCUT2D eigenvalue weighted by molar-refractivity contribution is -0.111. The van der Waals surface area contributed by atoms with Gasteiger partial charge in [0.2, 0.25) is 10.0 Å². The van der Waals surface area contributed by atoms with Crippen molar-refractivity contribution < 1.29 is 13.2 Å². The Kier molecular flexibility index (Phi) is 4.72. The van der Waals surface area contributed by atoms with Crippen LogP contribution < -0.4 is 20.8 Å². The van der Waals surface area contributed by atoms with Crippen molar-refractivity contribution in [2.24, 2.45) is 10.2 Å². The molecule has 0 saturated carbocycles. The molecule has 0 aliphatic carbocycles. The molecule has 1 aliphatic heterocycles. The van der Waals surface area contributed by atoms with Gasteiger partial charge < -0.3 is 10.2 Å². The van der Waals surface area contributed by atoms with Crippen LogP contribution in [-0.2, 0) is 14.8 Å². The highest BCUT2D eigenvalue weighted by atomic mass is 32.2. The predicted octanol–water partition coefficient (Wildman–Crippen LogP) is 1.00. The van der Waals surface area contributed by atoms with Gasteiger partial charge >= 0.3 is 0 Å². The Bertz CT molecular complexity index is 1030. The van der Waals surface area contributed by atoms with Gasteiger partial charge in [-0.3, -0.25) is 10.2 Å². The third-order valence-electron chi connectivity index (χ3n) is 3.74. The lowest BCUT2D eigenvalue weighted by Gasteiger charge is -2.11. The number of hydrogen-bond donors (Lipinski definition) is 3. The summed E-state index contributed by atoms with van der Waals surface area (Å²) in [7, 11) is -2.26. The van der Waals surface area contributed by atoms with E-state index in [0.29, 0.717) is 5.56 Å². The summed E-state index contributed by atoms with van der Waals surface area (Å²) < 4.78 is 23.2. The number of para-hydroxylation sites is 2. The van der Waals surface area contributed by atoms with Gasteiger partial charge in [0.05, 0.1) is 11.4 Å². The van der Waals surface area contributed by atoms with E-state index in [2.05, 4.69) is 15.8 Å². The normalized spacial score (nSPS) is 15.1. The highest BCUT2D eigenvalue weighted by Crippen LogP contribution is 2.27. The summed E-state index contributed by atoms with van der Waals surface area (Å²) in [4.78, 5) is 13.7. The minimum atomic E-state index is -3.91. The summed E-state index contributed by atoms with van der Waals surface area (Å²) >= 11 is 5.13. The van der Waals surface area contributed by atoms with Gasteiger partial charge in [-0.1, -0.05) is 30.3 Å². The lowest BCUT2D eigenvalue weighted by atomic mass is 10.1.